The molecule has 27 heavy (non-hydrogen) atoms. The molecule has 2 amide bonds. The Morgan fingerprint density at radius 1 is 0.556 bits per heavy atom. The summed E-state index contributed by atoms with van der Waals surface area (Å²) in [4.78, 5) is 11.5. The van der Waals surface area contributed by atoms with Crippen molar-refractivity contribution in [2.24, 2.45) is 0 Å². The summed E-state index contributed by atoms with van der Waals surface area (Å²) in [5.41, 5.74) is 0. The van der Waals surface area contributed by atoms with E-state index in [1.54, 1.807) is 0 Å². The van der Waals surface area contributed by atoms with Gasteiger partial charge < -0.3 is 10.6 Å². The Morgan fingerprint density at radius 2 is 0.926 bits per heavy atom. The van der Waals surface area contributed by atoms with Gasteiger partial charge in [0, 0.05) is 13.1 Å². The molecular weight excluding hydrogens is 332 g/mol. The van der Waals surface area contributed by atoms with Crippen LogP contribution in [0.25, 0.3) is 0 Å². The molecule has 160 valence electrons. The molecule has 0 bridgehead atoms. The van der Waals surface area contributed by atoms with E-state index in [9.17, 15) is 4.79 Å². The molecule has 0 saturated carbocycles. The van der Waals surface area contributed by atoms with E-state index in [1.165, 1.54) is 96.3 Å². The third-order valence-corrected chi connectivity index (χ3v) is 5.04. The molecule has 0 aliphatic heterocycles. The summed E-state index contributed by atoms with van der Waals surface area (Å²) in [5.74, 6) is 0. The number of carbonyl (C=O) groups excluding carboxylic acids is 1. The molecule has 0 saturated heterocycles. The zero-order valence-corrected chi connectivity index (χ0v) is 18.5. The van der Waals surface area contributed by atoms with Crippen LogP contribution in [0.1, 0.15) is 123 Å². The van der Waals surface area contributed by atoms with E-state index in [0.29, 0.717) is 0 Å². The van der Waals surface area contributed by atoms with E-state index in [0.717, 1.165) is 25.9 Å². The number of nitrogens with one attached hydrogen (secondary N) is 2. The maximum atomic E-state index is 11.5. The van der Waals surface area contributed by atoms with Crippen LogP contribution in [0, 0.1) is 0 Å². The van der Waals surface area contributed by atoms with E-state index < -0.39 is 0 Å². The highest BCUT2D eigenvalue weighted by Crippen LogP contribution is 2.09. The minimum atomic E-state index is -0.00107. The summed E-state index contributed by atoms with van der Waals surface area (Å²) in [6.45, 7) is 6.05. The number of hydrogen-bond donors (Lipinski definition) is 2. The normalized spacial score (nSPS) is 11.2. The molecule has 0 aromatic heterocycles. The average Bonchev–Trinajstić information content (AvgIpc) is 2.67. The maximum Gasteiger partial charge on any atom is 0.314 e. The van der Waals surface area contributed by atoms with Gasteiger partial charge in [0.05, 0.1) is 0 Å². The van der Waals surface area contributed by atoms with Crippen molar-refractivity contribution in [3.63, 3.8) is 0 Å². The summed E-state index contributed by atoms with van der Waals surface area (Å²) in [5, 5.41) is 5.87. The van der Waals surface area contributed by atoms with Gasteiger partial charge >= 0.3 is 6.03 Å². The minimum Gasteiger partial charge on any atom is -0.338 e. The van der Waals surface area contributed by atoms with E-state index in [1.807, 2.05) is 0 Å². The van der Waals surface area contributed by atoms with Gasteiger partial charge in [0.25, 0.3) is 0 Å². The SMILES string of the molecule is CCCCCCCC/C=C\CCCCCCCCNC(=O)NCCCCC. The Bertz CT molecular complexity index is 328. The lowest BCUT2D eigenvalue weighted by molar-refractivity contribution is 0.240. The number of carbonyl (C=O) groups is 1. The number of hydrogen-bond acceptors (Lipinski definition) is 1. The minimum absolute atomic E-state index is 0.00107. The van der Waals surface area contributed by atoms with E-state index in [2.05, 4.69) is 36.6 Å². The molecule has 0 unspecified atom stereocenters. The number of amides is 2. The highest BCUT2D eigenvalue weighted by Gasteiger charge is 1.98. The molecule has 0 aliphatic rings. The molecule has 0 aliphatic carbocycles. The Morgan fingerprint density at radius 3 is 1.44 bits per heavy atom. The van der Waals surface area contributed by atoms with Gasteiger partial charge in [-0.3, -0.25) is 0 Å². The Labute approximate surface area is 170 Å². The first-order valence-corrected chi connectivity index (χ1v) is 12.0. The van der Waals surface area contributed by atoms with Gasteiger partial charge in [0.15, 0.2) is 0 Å². The van der Waals surface area contributed by atoms with Gasteiger partial charge in [-0.1, -0.05) is 96.6 Å². The van der Waals surface area contributed by atoms with Crippen LogP contribution in [-0.2, 0) is 0 Å². The predicted molar refractivity (Wildman–Crippen MR) is 120 cm³/mol. The lowest BCUT2D eigenvalue weighted by atomic mass is 10.1. The van der Waals surface area contributed by atoms with Crippen molar-refractivity contribution in [3.05, 3.63) is 12.2 Å². The predicted octanol–water partition coefficient (Wildman–Crippen LogP) is 7.51. The molecule has 3 heteroatoms. The van der Waals surface area contributed by atoms with Crippen LogP contribution < -0.4 is 10.6 Å². The summed E-state index contributed by atoms with van der Waals surface area (Å²) < 4.78 is 0. The van der Waals surface area contributed by atoms with Crippen LogP contribution in [0.3, 0.4) is 0 Å². The first kappa shape index (κ1) is 26.0. The molecule has 0 aromatic rings. The van der Waals surface area contributed by atoms with Crippen molar-refractivity contribution < 1.29 is 4.79 Å². The van der Waals surface area contributed by atoms with E-state index in [4.69, 9.17) is 0 Å². The van der Waals surface area contributed by atoms with Crippen LogP contribution >= 0.6 is 0 Å². The summed E-state index contributed by atoms with van der Waals surface area (Å²) >= 11 is 0. The number of allylic oxidation sites excluding steroid dienone is 2. The fraction of sp³-hybridized carbons (Fsp3) is 0.875. The maximum absolute atomic E-state index is 11.5. The largest absolute Gasteiger partial charge is 0.338 e. The van der Waals surface area contributed by atoms with Crippen molar-refractivity contribution in [2.75, 3.05) is 13.1 Å². The topological polar surface area (TPSA) is 41.1 Å². The first-order valence-electron chi connectivity index (χ1n) is 12.0. The molecule has 2 N–H and O–H groups in total. The summed E-state index contributed by atoms with van der Waals surface area (Å²) in [6, 6.07) is -0.00107. The molecule has 0 spiro atoms. The van der Waals surface area contributed by atoms with E-state index in [-0.39, 0.29) is 6.03 Å². The van der Waals surface area contributed by atoms with Crippen molar-refractivity contribution >= 4 is 6.03 Å². The fourth-order valence-electron chi connectivity index (χ4n) is 3.21. The molecule has 3 nitrogen and oxygen atoms in total. The third-order valence-electron chi connectivity index (χ3n) is 5.04. The number of unbranched alkanes of at least 4 members (excludes halogenated alkanes) is 14. The van der Waals surface area contributed by atoms with Gasteiger partial charge in [-0.15, -0.1) is 0 Å². The molecule has 0 aromatic carbocycles. The molecular formula is C24H48N2O. The van der Waals surface area contributed by atoms with Crippen molar-refractivity contribution in [2.45, 2.75) is 123 Å². The quantitative estimate of drug-likeness (QED) is 0.166. The van der Waals surface area contributed by atoms with Crippen molar-refractivity contribution in [1.82, 2.24) is 10.6 Å². The monoisotopic (exact) mass is 380 g/mol. The zero-order chi connectivity index (χ0) is 19.8. The lowest BCUT2D eigenvalue weighted by Gasteiger charge is -2.07. The second kappa shape index (κ2) is 23.0. The number of urea groups is 1. The molecule has 0 heterocycles. The van der Waals surface area contributed by atoms with Gasteiger partial charge in [0.1, 0.15) is 0 Å². The third kappa shape index (κ3) is 23.0. The van der Waals surface area contributed by atoms with Crippen LogP contribution in [0.2, 0.25) is 0 Å². The first-order chi connectivity index (χ1) is 13.3. The smallest absolute Gasteiger partial charge is 0.314 e. The lowest BCUT2D eigenvalue weighted by Crippen LogP contribution is -2.36. The molecule has 0 rings (SSSR count). The number of rotatable bonds is 20. The van der Waals surface area contributed by atoms with Gasteiger partial charge in [0.2, 0.25) is 0 Å². The summed E-state index contributed by atoms with van der Waals surface area (Å²) in [6.07, 6.45) is 26.7. The van der Waals surface area contributed by atoms with Gasteiger partial charge in [-0.2, -0.15) is 0 Å². The molecule has 0 atom stereocenters. The van der Waals surface area contributed by atoms with E-state index >= 15 is 0 Å². The second-order valence-corrected chi connectivity index (χ2v) is 7.83. The Balaban J connectivity index is 3.16. The van der Waals surface area contributed by atoms with Crippen LogP contribution in [0.15, 0.2) is 12.2 Å². The van der Waals surface area contributed by atoms with Gasteiger partial charge in [-0.05, 0) is 38.5 Å². The second-order valence-electron chi connectivity index (χ2n) is 7.83. The van der Waals surface area contributed by atoms with Crippen molar-refractivity contribution in [3.8, 4) is 0 Å². The zero-order valence-electron chi connectivity index (χ0n) is 18.5. The van der Waals surface area contributed by atoms with Crippen LogP contribution in [0.5, 0.6) is 0 Å². The average molecular weight is 381 g/mol. The Hall–Kier alpha value is -0.990. The van der Waals surface area contributed by atoms with Crippen LogP contribution in [-0.4, -0.2) is 19.1 Å². The van der Waals surface area contributed by atoms with Crippen LogP contribution in [0.4, 0.5) is 4.79 Å². The summed E-state index contributed by atoms with van der Waals surface area (Å²) in [7, 11) is 0. The highest BCUT2D eigenvalue weighted by atomic mass is 16.2. The van der Waals surface area contributed by atoms with Crippen molar-refractivity contribution in [1.29, 1.82) is 0 Å². The highest BCUT2D eigenvalue weighted by molar-refractivity contribution is 5.73. The Kier molecular flexibility index (Phi) is 22.2. The molecule has 0 radical (unpaired) electrons. The standard InChI is InChI=1S/C24H48N2O/c1-3-5-7-8-9-10-11-12-13-14-15-16-17-18-19-21-23-26-24(27)25-22-20-6-4-2/h12-13H,3-11,14-23H2,1-2H3,(H2,25,26,27)/b13-12-. The van der Waals surface area contributed by atoms with Gasteiger partial charge in [-0.25, -0.2) is 4.79 Å². The molecule has 0 fully saturated rings. The fourth-order valence-corrected chi connectivity index (χ4v) is 3.21.